The Morgan fingerprint density at radius 1 is 1.12 bits per heavy atom. The molecule has 5 nitrogen and oxygen atoms in total. The van der Waals surface area contributed by atoms with Gasteiger partial charge >= 0.3 is 5.97 Å². The molecule has 0 bridgehead atoms. The van der Waals surface area contributed by atoms with E-state index in [2.05, 4.69) is 12.1 Å². The third-order valence-corrected chi connectivity index (χ3v) is 5.24. The molecule has 24 heavy (non-hydrogen) atoms. The van der Waals surface area contributed by atoms with Crippen LogP contribution >= 0.6 is 0 Å². The van der Waals surface area contributed by atoms with Crippen LogP contribution in [-0.2, 0) is 20.7 Å². The maximum atomic E-state index is 13.0. The van der Waals surface area contributed by atoms with Gasteiger partial charge in [-0.2, -0.15) is 0 Å². The molecule has 2 aliphatic rings. The van der Waals surface area contributed by atoms with Crippen LogP contribution in [0.25, 0.3) is 0 Å². The fourth-order valence-electron chi connectivity index (χ4n) is 3.80. The van der Waals surface area contributed by atoms with E-state index in [-0.39, 0.29) is 23.8 Å². The van der Waals surface area contributed by atoms with Gasteiger partial charge in [-0.05, 0) is 37.7 Å². The topological polar surface area (TPSA) is 66.8 Å². The standard InChI is InChI=1S/C19H25NO4/c21-18(15-6-7-16(12-15)19(22)23)20(17-9-11-24-13-17)10-8-14-4-2-1-3-5-14/h1-5,15-17H,6-13H2,(H,22,23)/t15-,16+,17?/m0/s1. The van der Waals surface area contributed by atoms with Crippen molar-refractivity contribution in [2.75, 3.05) is 19.8 Å². The molecule has 3 rings (SSSR count). The molecular weight excluding hydrogens is 306 g/mol. The van der Waals surface area contributed by atoms with Crippen LogP contribution in [0.5, 0.6) is 0 Å². The highest BCUT2D eigenvalue weighted by Gasteiger charge is 2.38. The summed E-state index contributed by atoms with van der Waals surface area (Å²) in [5.74, 6) is -1.17. The van der Waals surface area contributed by atoms with E-state index in [0.717, 1.165) is 12.8 Å². The summed E-state index contributed by atoms with van der Waals surface area (Å²) >= 11 is 0. The van der Waals surface area contributed by atoms with E-state index >= 15 is 0 Å². The largest absolute Gasteiger partial charge is 0.481 e. The van der Waals surface area contributed by atoms with Crippen molar-refractivity contribution in [3.8, 4) is 0 Å². The Morgan fingerprint density at radius 3 is 2.50 bits per heavy atom. The van der Waals surface area contributed by atoms with Gasteiger partial charge in [0.25, 0.3) is 0 Å². The smallest absolute Gasteiger partial charge is 0.306 e. The molecule has 1 saturated carbocycles. The lowest BCUT2D eigenvalue weighted by Gasteiger charge is -2.30. The second kappa shape index (κ2) is 7.79. The van der Waals surface area contributed by atoms with Crippen molar-refractivity contribution in [2.45, 2.75) is 38.1 Å². The highest BCUT2D eigenvalue weighted by molar-refractivity contribution is 5.81. The van der Waals surface area contributed by atoms with E-state index < -0.39 is 5.97 Å². The van der Waals surface area contributed by atoms with Crippen molar-refractivity contribution >= 4 is 11.9 Å². The average Bonchev–Trinajstić information content (AvgIpc) is 3.28. The number of benzene rings is 1. The van der Waals surface area contributed by atoms with E-state index in [0.29, 0.717) is 39.0 Å². The summed E-state index contributed by atoms with van der Waals surface area (Å²) in [5.41, 5.74) is 1.21. The molecule has 1 unspecified atom stereocenters. The SMILES string of the molecule is O=C(O)[C@@H]1CC[C@H](C(=O)N(CCc2ccccc2)C2CCOC2)C1. The van der Waals surface area contributed by atoms with Crippen LogP contribution in [0.2, 0.25) is 0 Å². The maximum absolute atomic E-state index is 13.0. The Bertz CT molecular complexity index is 568. The Hall–Kier alpha value is -1.88. The number of carboxylic acids is 1. The molecule has 5 heteroatoms. The second-order valence-electron chi connectivity index (χ2n) is 6.83. The lowest BCUT2D eigenvalue weighted by molar-refractivity contribution is -0.142. The van der Waals surface area contributed by atoms with E-state index in [9.17, 15) is 14.7 Å². The van der Waals surface area contributed by atoms with E-state index in [1.807, 2.05) is 23.1 Å². The van der Waals surface area contributed by atoms with E-state index in [1.54, 1.807) is 0 Å². The number of carbonyl (C=O) groups is 2. The Balaban J connectivity index is 1.65. The summed E-state index contributed by atoms with van der Waals surface area (Å²) in [5, 5.41) is 9.17. The van der Waals surface area contributed by atoms with Crippen molar-refractivity contribution in [1.29, 1.82) is 0 Å². The summed E-state index contributed by atoms with van der Waals surface area (Å²) in [6.45, 7) is 1.96. The van der Waals surface area contributed by atoms with Crippen molar-refractivity contribution in [1.82, 2.24) is 4.90 Å². The highest BCUT2D eigenvalue weighted by atomic mass is 16.5. The minimum Gasteiger partial charge on any atom is -0.481 e. The molecule has 3 atom stereocenters. The molecule has 1 heterocycles. The van der Waals surface area contributed by atoms with Gasteiger partial charge in [0.15, 0.2) is 0 Å². The van der Waals surface area contributed by atoms with Crippen molar-refractivity contribution < 1.29 is 19.4 Å². The third-order valence-electron chi connectivity index (χ3n) is 5.24. The summed E-state index contributed by atoms with van der Waals surface area (Å²) in [6.07, 6.45) is 3.46. The molecule has 1 aromatic carbocycles. The van der Waals surface area contributed by atoms with Crippen LogP contribution in [0.1, 0.15) is 31.2 Å². The van der Waals surface area contributed by atoms with Gasteiger partial charge in [-0.15, -0.1) is 0 Å². The minimum atomic E-state index is -0.773. The van der Waals surface area contributed by atoms with E-state index in [4.69, 9.17) is 4.74 Å². The molecule has 1 aliphatic heterocycles. The zero-order valence-corrected chi connectivity index (χ0v) is 13.9. The molecule has 1 saturated heterocycles. The number of hydrogen-bond donors (Lipinski definition) is 1. The van der Waals surface area contributed by atoms with Crippen LogP contribution in [0.4, 0.5) is 0 Å². The lowest BCUT2D eigenvalue weighted by Crippen LogP contribution is -2.44. The van der Waals surface area contributed by atoms with E-state index in [1.165, 1.54) is 5.56 Å². The summed E-state index contributed by atoms with van der Waals surface area (Å²) < 4.78 is 5.47. The van der Waals surface area contributed by atoms with Gasteiger partial charge < -0.3 is 14.7 Å². The van der Waals surface area contributed by atoms with Crippen LogP contribution in [-0.4, -0.2) is 47.7 Å². The van der Waals surface area contributed by atoms with Crippen LogP contribution < -0.4 is 0 Å². The van der Waals surface area contributed by atoms with Gasteiger partial charge in [-0.25, -0.2) is 0 Å². The van der Waals surface area contributed by atoms with Gasteiger partial charge in [-0.1, -0.05) is 30.3 Å². The molecule has 1 N–H and O–H groups in total. The molecule has 0 aromatic heterocycles. The highest BCUT2D eigenvalue weighted by Crippen LogP contribution is 2.33. The first kappa shape index (κ1) is 17.0. The molecule has 0 radical (unpaired) electrons. The third kappa shape index (κ3) is 3.96. The quantitative estimate of drug-likeness (QED) is 0.869. The van der Waals surface area contributed by atoms with Crippen LogP contribution in [0.15, 0.2) is 30.3 Å². The van der Waals surface area contributed by atoms with Gasteiger partial charge in [0.05, 0.1) is 18.6 Å². The Morgan fingerprint density at radius 2 is 1.88 bits per heavy atom. The number of ether oxygens (including phenoxy) is 1. The van der Waals surface area contributed by atoms with Crippen LogP contribution in [0, 0.1) is 11.8 Å². The molecule has 1 aromatic rings. The fraction of sp³-hybridized carbons (Fsp3) is 0.579. The first-order valence-electron chi connectivity index (χ1n) is 8.80. The van der Waals surface area contributed by atoms with Gasteiger partial charge in [0.1, 0.15) is 0 Å². The van der Waals surface area contributed by atoms with Gasteiger partial charge in [0, 0.05) is 19.1 Å². The number of carboxylic acid groups (broad SMARTS) is 1. The Kier molecular flexibility index (Phi) is 5.51. The lowest BCUT2D eigenvalue weighted by atomic mass is 10.0. The number of carbonyl (C=O) groups excluding carboxylic acids is 1. The second-order valence-corrected chi connectivity index (χ2v) is 6.83. The maximum Gasteiger partial charge on any atom is 0.306 e. The molecular formula is C19H25NO4. The number of rotatable bonds is 6. The molecule has 130 valence electrons. The van der Waals surface area contributed by atoms with Gasteiger partial charge in [-0.3, -0.25) is 9.59 Å². The number of aliphatic carboxylic acids is 1. The first-order chi connectivity index (χ1) is 11.6. The molecule has 2 fully saturated rings. The minimum absolute atomic E-state index is 0.116. The van der Waals surface area contributed by atoms with Crippen LogP contribution in [0.3, 0.4) is 0 Å². The summed E-state index contributed by atoms with van der Waals surface area (Å²) in [6, 6.07) is 10.3. The number of amides is 1. The monoisotopic (exact) mass is 331 g/mol. The Labute approximate surface area is 142 Å². The normalized spacial score (nSPS) is 26.4. The zero-order valence-electron chi connectivity index (χ0n) is 13.9. The van der Waals surface area contributed by atoms with Crippen molar-refractivity contribution in [2.24, 2.45) is 11.8 Å². The molecule has 1 aliphatic carbocycles. The summed E-state index contributed by atoms with van der Waals surface area (Å²) in [4.78, 5) is 26.1. The fourth-order valence-corrected chi connectivity index (χ4v) is 3.80. The summed E-state index contributed by atoms with van der Waals surface area (Å²) in [7, 11) is 0. The predicted molar refractivity (Wildman–Crippen MR) is 89.5 cm³/mol. The van der Waals surface area contributed by atoms with Crippen molar-refractivity contribution in [3.63, 3.8) is 0 Å². The number of nitrogens with zero attached hydrogens (tertiary/aromatic N) is 1. The average molecular weight is 331 g/mol. The molecule has 1 amide bonds. The van der Waals surface area contributed by atoms with Gasteiger partial charge in [0.2, 0.25) is 5.91 Å². The first-order valence-corrected chi connectivity index (χ1v) is 8.80. The van der Waals surface area contributed by atoms with Crippen molar-refractivity contribution in [3.05, 3.63) is 35.9 Å². The molecule has 0 spiro atoms. The zero-order chi connectivity index (χ0) is 16.9. The number of hydrogen-bond acceptors (Lipinski definition) is 3. The predicted octanol–water partition coefficient (Wildman–Crippen LogP) is 2.35.